The number of rotatable bonds is 4. The van der Waals surface area contributed by atoms with E-state index in [1.807, 2.05) is 19.9 Å². The summed E-state index contributed by atoms with van der Waals surface area (Å²) in [6.45, 7) is 5.48. The molecule has 1 aromatic heterocycles. The van der Waals surface area contributed by atoms with Crippen molar-refractivity contribution < 1.29 is 8.42 Å². The molecule has 1 saturated heterocycles. The molecule has 0 radical (unpaired) electrons. The highest BCUT2D eigenvalue weighted by atomic mass is 32.2. The molecule has 0 amide bonds. The second-order valence-electron chi connectivity index (χ2n) is 6.42. The molecule has 1 atom stereocenters. The van der Waals surface area contributed by atoms with Crippen molar-refractivity contribution in [3.63, 3.8) is 0 Å². The van der Waals surface area contributed by atoms with Gasteiger partial charge >= 0.3 is 0 Å². The van der Waals surface area contributed by atoms with Gasteiger partial charge in [-0.05, 0) is 39.5 Å². The summed E-state index contributed by atoms with van der Waals surface area (Å²) in [4.78, 5) is 11.0. The maximum absolute atomic E-state index is 12.4. The summed E-state index contributed by atoms with van der Waals surface area (Å²) in [5, 5.41) is -0.142. The first-order valence-electron chi connectivity index (χ1n) is 7.92. The minimum absolute atomic E-state index is 0.0370. The van der Waals surface area contributed by atoms with Gasteiger partial charge in [-0.1, -0.05) is 0 Å². The van der Waals surface area contributed by atoms with E-state index in [0.29, 0.717) is 6.54 Å². The van der Waals surface area contributed by atoms with Crippen LogP contribution in [0.15, 0.2) is 6.07 Å². The van der Waals surface area contributed by atoms with E-state index < -0.39 is 10.0 Å². The van der Waals surface area contributed by atoms with Gasteiger partial charge in [-0.15, -0.1) is 0 Å². The van der Waals surface area contributed by atoms with Crippen molar-refractivity contribution in [1.82, 2.24) is 14.3 Å². The molecule has 0 spiro atoms. The number of aromatic nitrogens is 2. The van der Waals surface area contributed by atoms with Crippen molar-refractivity contribution in [1.29, 1.82) is 0 Å². The molecule has 1 saturated carbocycles. The van der Waals surface area contributed by atoms with Gasteiger partial charge in [0.15, 0.2) is 0 Å². The number of piperidine rings is 1. The summed E-state index contributed by atoms with van der Waals surface area (Å²) >= 11 is 0. The van der Waals surface area contributed by atoms with Gasteiger partial charge in [0.25, 0.3) is 0 Å². The molecule has 0 bridgehead atoms. The molecule has 0 N–H and O–H groups in total. The molecule has 1 aromatic rings. The molecule has 1 unspecified atom stereocenters. The minimum Gasteiger partial charge on any atom is -0.355 e. The van der Waals surface area contributed by atoms with E-state index in [1.54, 1.807) is 11.4 Å². The van der Waals surface area contributed by atoms with Crippen LogP contribution in [0.1, 0.15) is 37.2 Å². The maximum Gasteiger partial charge on any atom is 0.217 e. The van der Waals surface area contributed by atoms with Crippen LogP contribution in [0.25, 0.3) is 0 Å². The first-order chi connectivity index (χ1) is 10.4. The van der Waals surface area contributed by atoms with Crippen molar-refractivity contribution in [2.45, 2.75) is 50.8 Å². The third-order valence-electron chi connectivity index (χ3n) is 4.53. The van der Waals surface area contributed by atoms with Crippen LogP contribution in [0.2, 0.25) is 0 Å². The SMILES string of the molecule is Cc1cc(N2CCCC(N(C)S(=O)(=O)C3CC3)C2)nc(C)n1. The summed E-state index contributed by atoms with van der Waals surface area (Å²) in [5.41, 5.74) is 0.948. The second kappa shape index (κ2) is 5.77. The molecular formula is C15H24N4O2S. The Morgan fingerprint density at radius 1 is 1.23 bits per heavy atom. The van der Waals surface area contributed by atoms with Gasteiger partial charge in [-0.3, -0.25) is 0 Å². The highest BCUT2D eigenvalue weighted by Gasteiger charge is 2.41. The topological polar surface area (TPSA) is 66.4 Å². The molecular weight excluding hydrogens is 300 g/mol. The Hall–Kier alpha value is -1.21. The number of hydrogen-bond acceptors (Lipinski definition) is 5. The van der Waals surface area contributed by atoms with Crippen LogP contribution in [0.4, 0.5) is 5.82 Å². The smallest absolute Gasteiger partial charge is 0.217 e. The summed E-state index contributed by atoms with van der Waals surface area (Å²) in [5.74, 6) is 1.67. The predicted molar refractivity (Wildman–Crippen MR) is 86.4 cm³/mol. The highest BCUT2D eigenvalue weighted by Crippen LogP contribution is 2.33. The van der Waals surface area contributed by atoms with E-state index in [0.717, 1.165) is 49.6 Å². The zero-order chi connectivity index (χ0) is 15.9. The Balaban J connectivity index is 1.76. The second-order valence-corrected chi connectivity index (χ2v) is 8.69. The van der Waals surface area contributed by atoms with Crippen molar-refractivity contribution in [3.05, 3.63) is 17.6 Å². The molecule has 2 aliphatic rings. The number of nitrogens with zero attached hydrogens (tertiary/aromatic N) is 4. The minimum atomic E-state index is -3.11. The van der Waals surface area contributed by atoms with Crippen molar-refractivity contribution in [2.75, 3.05) is 25.0 Å². The van der Waals surface area contributed by atoms with E-state index in [4.69, 9.17) is 0 Å². The number of sulfonamides is 1. The first kappa shape index (κ1) is 15.7. The van der Waals surface area contributed by atoms with Gasteiger partial charge in [0.2, 0.25) is 10.0 Å². The Bertz CT molecular complexity index is 637. The lowest BCUT2D eigenvalue weighted by atomic mass is 10.1. The standard InChI is InChI=1S/C15H24N4O2S/c1-11-9-15(17-12(2)16-11)19-8-4-5-13(10-19)18(3)22(20,21)14-6-7-14/h9,13-14H,4-8,10H2,1-3H3. The summed E-state index contributed by atoms with van der Waals surface area (Å²) in [6.07, 6.45) is 3.53. The summed E-state index contributed by atoms with van der Waals surface area (Å²) in [6, 6.07) is 2.01. The van der Waals surface area contributed by atoms with Crippen LogP contribution in [0.5, 0.6) is 0 Å². The van der Waals surface area contributed by atoms with Gasteiger partial charge in [0.1, 0.15) is 11.6 Å². The maximum atomic E-state index is 12.4. The van der Waals surface area contributed by atoms with Crippen LogP contribution in [0, 0.1) is 13.8 Å². The lowest BCUT2D eigenvalue weighted by molar-refractivity contribution is 0.319. The Morgan fingerprint density at radius 2 is 1.95 bits per heavy atom. The van der Waals surface area contributed by atoms with Crippen molar-refractivity contribution in [3.8, 4) is 0 Å². The van der Waals surface area contributed by atoms with Gasteiger partial charge in [0, 0.05) is 37.9 Å². The molecule has 3 rings (SSSR count). The van der Waals surface area contributed by atoms with E-state index in [1.165, 1.54) is 0 Å². The Morgan fingerprint density at radius 3 is 2.59 bits per heavy atom. The largest absolute Gasteiger partial charge is 0.355 e. The molecule has 7 heteroatoms. The van der Waals surface area contributed by atoms with Crippen molar-refractivity contribution in [2.24, 2.45) is 0 Å². The summed E-state index contributed by atoms with van der Waals surface area (Å²) in [7, 11) is -1.38. The van der Waals surface area contributed by atoms with Crippen molar-refractivity contribution >= 4 is 15.8 Å². The van der Waals surface area contributed by atoms with Gasteiger partial charge < -0.3 is 4.90 Å². The van der Waals surface area contributed by atoms with Crippen LogP contribution in [-0.4, -0.2) is 54.1 Å². The molecule has 2 heterocycles. The number of anilines is 1. The third-order valence-corrected chi connectivity index (χ3v) is 6.95. The van der Waals surface area contributed by atoms with E-state index in [9.17, 15) is 8.42 Å². The Labute approximate surface area is 132 Å². The first-order valence-corrected chi connectivity index (χ1v) is 9.42. The molecule has 1 aliphatic heterocycles. The van der Waals surface area contributed by atoms with E-state index in [-0.39, 0.29) is 11.3 Å². The van der Waals surface area contributed by atoms with Crippen LogP contribution in [-0.2, 0) is 10.0 Å². The zero-order valence-corrected chi connectivity index (χ0v) is 14.3. The quantitative estimate of drug-likeness (QED) is 0.839. The molecule has 0 aromatic carbocycles. The predicted octanol–water partition coefficient (Wildman–Crippen LogP) is 1.49. The highest BCUT2D eigenvalue weighted by molar-refractivity contribution is 7.90. The number of hydrogen-bond donors (Lipinski definition) is 0. The van der Waals surface area contributed by atoms with Gasteiger partial charge in [-0.25, -0.2) is 18.4 Å². The normalized spacial score (nSPS) is 23.1. The van der Waals surface area contributed by atoms with Crippen LogP contribution < -0.4 is 4.90 Å². The fourth-order valence-electron chi connectivity index (χ4n) is 3.13. The Kier molecular flexibility index (Phi) is 4.11. The van der Waals surface area contributed by atoms with Crippen LogP contribution >= 0.6 is 0 Å². The third kappa shape index (κ3) is 3.10. The fraction of sp³-hybridized carbons (Fsp3) is 0.733. The zero-order valence-electron chi connectivity index (χ0n) is 13.5. The lowest BCUT2D eigenvalue weighted by Crippen LogP contribution is -2.49. The molecule has 6 nitrogen and oxygen atoms in total. The van der Waals surface area contributed by atoms with E-state index in [2.05, 4.69) is 14.9 Å². The average molecular weight is 324 g/mol. The molecule has 22 heavy (non-hydrogen) atoms. The number of likely N-dealkylation sites (N-methyl/N-ethyl adjacent to an activating group) is 1. The van der Waals surface area contributed by atoms with Gasteiger partial charge in [0.05, 0.1) is 5.25 Å². The molecule has 1 aliphatic carbocycles. The number of aryl methyl sites for hydroxylation is 2. The average Bonchev–Trinajstić information content (AvgIpc) is 3.30. The van der Waals surface area contributed by atoms with E-state index >= 15 is 0 Å². The van der Waals surface area contributed by atoms with Crippen LogP contribution in [0.3, 0.4) is 0 Å². The molecule has 122 valence electrons. The lowest BCUT2D eigenvalue weighted by Gasteiger charge is -2.37. The fourth-order valence-corrected chi connectivity index (χ4v) is 4.92. The van der Waals surface area contributed by atoms with Gasteiger partial charge in [-0.2, -0.15) is 4.31 Å². The summed E-state index contributed by atoms with van der Waals surface area (Å²) < 4.78 is 26.5. The monoisotopic (exact) mass is 324 g/mol. The molecule has 2 fully saturated rings.